The van der Waals surface area contributed by atoms with Gasteiger partial charge in [0.15, 0.2) is 0 Å². The van der Waals surface area contributed by atoms with Gasteiger partial charge in [0, 0.05) is 5.57 Å². The van der Waals surface area contributed by atoms with Crippen molar-refractivity contribution in [2.24, 2.45) is 0 Å². The van der Waals surface area contributed by atoms with Crippen LogP contribution in [-0.4, -0.2) is 11.1 Å². The molecule has 1 aliphatic rings. The van der Waals surface area contributed by atoms with Gasteiger partial charge < -0.3 is 5.11 Å². The van der Waals surface area contributed by atoms with Crippen LogP contribution in [0.25, 0.3) is 5.57 Å². The van der Waals surface area contributed by atoms with Crippen molar-refractivity contribution in [2.75, 3.05) is 0 Å². The topological polar surface area (TPSA) is 37.3 Å². The summed E-state index contributed by atoms with van der Waals surface area (Å²) in [6.07, 6.45) is 4.08. The molecule has 0 amide bonds. The van der Waals surface area contributed by atoms with E-state index in [4.69, 9.17) is 5.11 Å². The second-order valence-electron chi connectivity index (χ2n) is 3.75. The number of rotatable bonds is 3. The Hall–Kier alpha value is -2.27. The second kappa shape index (κ2) is 4.71. The predicted octanol–water partition coefficient (Wildman–Crippen LogP) is 2.97. The van der Waals surface area contributed by atoms with Gasteiger partial charge in [0.2, 0.25) is 0 Å². The van der Waals surface area contributed by atoms with E-state index in [1.54, 1.807) is 12.2 Å². The van der Waals surface area contributed by atoms with Gasteiger partial charge in [0.25, 0.3) is 0 Å². The third kappa shape index (κ3) is 2.29. The molecule has 1 N–H and O–H groups in total. The standard InChI is InChI=1S/C15H12O2/c1-2-11-7-9-12(10-8-11)13-5-3-4-6-14(13)15(16)17/h4,6-10H,2H2,1H3,(H,16,17). The first kappa shape index (κ1) is 11.2. The Kier molecular flexibility index (Phi) is 3.11. The van der Waals surface area contributed by atoms with Gasteiger partial charge in [0.05, 0.1) is 5.57 Å². The molecule has 0 saturated heterocycles. The average Bonchev–Trinajstić information content (AvgIpc) is 2.39. The third-order valence-corrected chi connectivity index (χ3v) is 2.68. The first-order valence-corrected chi connectivity index (χ1v) is 5.47. The second-order valence-corrected chi connectivity index (χ2v) is 3.75. The van der Waals surface area contributed by atoms with Crippen LogP contribution in [0, 0.1) is 0 Å². The lowest BCUT2D eigenvalue weighted by Gasteiger charge is -2.07. The minimum Gasteiger partial charge on any atom is -0.478 e. The summed E-state index contributed by atoms with van der Waals surface area (Å²) in [6.45, 7) is 2.08. The highest BCUT2D eigenvalue weighted by Gasteiger charge is 2.15. The predicted molar refractivity (Wildman–Crippen MR) is 66.5 cm³/mol. The van der Waals surface area contributed by atoms with E-state index in [9.17, 15) is 4.79 Å². The average molecular weight is 224 g/mol. The van der Waals surface area contributed by atoms with E-state index in [1.165, 1.54) is 5.56 Å². The number of aryl methyl sites for hydroxylation is 1. The molecule has 0 spiro atoms. The number of allylic oxidation sites excluding steroid dienone is 2. The molecule has 0 fully saturated rings. The fourth-order valence-electron chi connectivity index (χ4n) is 1.70. The van der Waals surface area contributed by atoms with Crippen LogP contribution in [0.3, 0.4) is 0 Å². The Morgan fingerprint density at radius 1 is 1.29 bits per heavy atom. The van der Waals surface area contributed by atoms with Crippen molar-refractivity contribution in [1.29, 1.82) is 0 Å². The summed E-state index contributed by atoms with van der Waals surface area (Å²) in [6, 6.07) is 7.85. The summed E-state index contributed by atoms with van der Waals surface area (Å²) in [5.41, 5.74) is 8.59. The summed E-state index contributed by atoms with van der Waals surface area (Å²) in [5.74, 6) is -0.940. The number of benzene rings is 1. The molecule has 2 heteroatoms. The smallest absolute Gasteiger partial charge is 0.337 e. The van der Waals surface area contributed by atoms with Crippen LogP contribution in [0.2, 0.25) is 0 Å². The molecular weight excluding hydrogens is 212 g/mol. The highest BCUT2D eigenvalue weighted by Crippen LogP contribution is 2.24. The SMILES string of the molecule is CCc1ccc(C2=C=C=CC=C2C(=O)O)cc1. The lowest BCUT2D eigenvalue weighted by Crippen LogP contribution is -2.03. The lowest BCUT2D eigenvalue weighted by molar-refractivity contribution is -0.132. The molecular formula is C15H12O2. The molecule has 0 aliphatic heterocycles. The molecule has 0 bridgehead atoms. The number of carboxylic acid groups (broad SMARTS) is 1. The zero-order chi connectivity index (χ0) is 12.3. The van der Waals surface area contributed by atoms with Crippen molar-refractivity contribution < 1.29 is 9.90 Å². The first-order valence-electron chi connectivity index (χ1n) is 5.47. The molecule has 0 atom stereocenters. The zero-order valence-corrected chi connectivity index (χ0v) is 9.53. The molecule has 0 saturated carbocycles. The Balaban J connectivity index is 2.45. The van der Waals surface area contributed by atoms with Gasteiger partial charge in [-0.15, -0.1) is 0 Å². The van der Waals surface area contributed by atoms with E-state index in [1.807, 2.05) is 24.3 Å². The molecule has 0 heterocycles. The van der Waals surface area contributed by atoms with E-state index in [2.05, 4.69) is 18.4 Å². The van der Waals surface area contributed by atoms with Crippen LogP contribution in [0.1, 0.15) is 18.1 Å². The molecule has 84 valence electrons. The van der Waals surface area contributed by atoms with E-state index in [0.717, 1.165) is 12.0 Å². The third-order valence-electron chi connectivity index (χ3n) is 2.68. The summed E-state index contributed by atoms with van der Waals surface area (Å²) in [5, 5.41) is 9.09. The van der Waals surface area contributed by atoms with E-state index >= 15 is 0 Å². The maximum Gasteiger partial charge on any atom is 0.337 e. The van der Waals surface area contributed by atoms with Crippen LogP contribution in [-0.2, 0) is 11.2 Å². The van der Waals surface area contributed by atoms with Crippen LogP contribution in [0.5, 0.6) is 0 Å². The number of carboxylic acids is 1. The van der Waals surface area contributed by atoms with Crippen molar-refractivity contribution >= 4 is 11.5 Å². The van der Waals surface area contributed by atoms with Gasteiger partial charge in [0.1, 0.15) is 0 Å². The minimum atomic E-state index is -0.940. The molecule has 17 heavy (non-hydrogen) atoms. The summed E-state index contributed by atoms with van der Waals surface area (Å²) in [4.78, 5) is 11.1. The zero-order valence-electron chi connectivity index (χ0n) is 9.53. The monoisotopic (exact) mass is 224 g/mol. The number of hydrogen-bond donors (Lipinski definition) is 1. The van der Waals surface area contributed by atoms with Crippen molar-refractivity contribution in [3.8, 4) is 0 Å². The summed E-state index contributed by atoms with van der Waals surface area (Å²) in [7, 11) is 0. The number of carbonyl (C=O) groups is 1. The van der Waals surface area contributed by atoms with Crippen molar-refractivity contribution in [1.82, 2.24) is 0 Å². The maximum atomic E-state index is 11.1. The van der Waals surface area contributed by atoms with Crippen molar-refractivity contribution in [2.45, 2.75) is 13.3 Å². The highest BCUT2D eigenvalue weighted by molar-refractivity contribution is 6.05. The van der Waals surface area contributed by atoms with Crippen LogP contribution >= 0.6 is 0 Å². The number of hydrogen-bond acceptors (Lipinski definition) is 1. The quantitative estimate of drug-likeness (QED) is 0.801. The highest BCUT2D eigenvalue weighted by atomic mass is 16.4. The first-order chi connectivity index (χ1) is 8.22. The Labute approximate surface area is 99.9 Å². The minimum absolute atomic E-state index is 0.257. The van der Waals surface area contributed by atoms with Gasteiger partial charge >= 0.3 is 5.97 Å². The summed E-state index contributed by atoms with van der Waals surface area (Å²) < 4.78 is 0. The Morgan fingerprint density at radius 2 is 2.00 bits per heavy atom. The molecule has 0 radical (unpaired) electrons. The molecule has 1 aromatic carbocycles. The van der Waals surface area contributed by atoms with Crippen LogP contribution in [0.15, 0.2) is 53.5 Å². The molecule has 1 aliphatic carbocycles. The summed E-state index contributed by atoms with van der Waals surface area (Å²) >= 11 is 0. The van der Waals surface area contributed by atoms with Gasteiger partial charge in [-0.3, -0.25) is 0 Å². The van der Waals surface area contributed by atoms with Crippen LogP contribution in [0.4, 0.5) is 0 Å². The largest absolute Gasteiger partial charge is 0.478 e. The fraction of sp³-hybridized carbons (Fsp3) is 0.133. The van der Waals surface area contributed by atoms with Crippen LogP contribution < -0.4 is 0 Å². The van der Waals surface area contributed by atoms with Gasteiger partial charge in [-0.2, -0.15) is 0 Å². The Morgan fingerprint density at radius 3 is 2.59 bits per heavy atom. The van der Waals surface area contributed by atoms with Gasteiger partial charge in [-0.1, -0.05) is 42.7 Å². The number of aliphatic carboxylic acids is 1. The van der Waals surface area contributed by atoms with E-state index in [0.29, 0.717) is 5.57 Å². The van der Waals surface area contributed by atoms with Crippen molar-refractivity contribution in [3.05, 3.63) is 64.6 Å². The maximum absolute atomic E-state index is 11.1. The molecule has 0 unspecified atom stereocenters. The molecule has 0 aromatic heterocycles. The molecule has 2 nitrogen and oxygen atoms in total. The van der Waals surface area contributed by atoms with Gasteiger partial charge in [-0.25, -0.2) is 4.79 Å². The fourth-order valence-corrected chi connectivity index (χ4v) is 1.70. The van der Waals surface area contributed by atoms with E-state index in [-0.39, 0.29) is 5.57 Å². The van der Waals surface area contributed by atoms with Gasteiger partial charge in [-0.05, 0) is 29.7 Å². The van der Waals surface area contributed by atoms with E-state index < -0.39 is 5.97 Å². The van der Waals surface area contributed by atoms with Crippen molar-refractivity contribution in [3.63, 3.8) is 0 Å². The normalized spacial score (nSPS) is 13.2. The lowest BCUT2D eigenvalue weighted by atomic mass is 9.96. The molecule has 1 aromatic rings. The Bertz CT molecular complexity index is 576. The molecule has 2 rings (SSSR count).